The average Bonchev–Trinajstić information content (AvgIpc) is 3.49. The highest BCUT2D eigenvalue weighted by molar-refractivity contribution is 6.30. The molecule has 3 aromatic heterocycles. The molecule has 1 aliphatic carbocycles. The molecule has 7 nitrogen and oxygen atoms in total. The maximum absolute atomic E-state index is 14.4. The molecule has 34 heavy (non-hydrogen) atoms. The van der Waals surface area contributed by atoms with Crippen LogP contribution in [0.1, 0.15) is 49.4 Å². The van der Waals surface area contributed by atoms with Crippen LogP contribution >= 0.6 is 11.6 Å². The van der Waals surface area contributed by atoms with Crippen molar-refractivity contribution in [1.82, 2.24) is 24.3 Å². The third kappa shape index (κ3) is 3.12. The number of carbonyl (C=O) groups is 1. The van der Waals surface area contributed by atoms with Crippen LogP contribution in [0.2, 0.25) is 5.02 Å². The van der Waals surface area contributed by atoms with Crippen LogP contribution in [0.3, 0.4) is 0 Å². The van der Waals surface area contributed by atoms with Crippen molar-refractivity contribution < 1.29 is 9.18 Å². The minimum Gasteiger partial charge on any atom is -0.309 e. The van der Waals surface area contributed by atoms with Crippen LogP contribution in [0.15, 0.2) is 43.0 Å². The second-order valence-corrected chi connectivity index (χ2v) is 9.36. The first-order chi connectivity index (χ1) is 16.5. The van der Waals surface area contributed by atoms with E-state index in [9.17, 15) is 9.18 Å². The Labute approximate surface area is 200 Å². The number of unbranched alkanes of at least 4 members (excludes halogenated alkanes) is 1. The zero-order valence-corrected chi connectivity index (χ0v) is 19.3. The summed E-state index contributed by atoms with van der Waals surface area (Å²) in [5, 5.41) is 2.97. The number of imidazole rings is 1. The molecule has 1 fully saturated rings. The highest BCUT2D eigenvalue weighted by Gasteiger charge is 2.58. The minimum absolute atomic E-state index is 0.0276. The van der Waals surface area contributed by atoms with Crippen molar-refractivity contribution in [3.63, 3.8) is 0 Å². The summed E-state index contributed by atoms with van der Waals surface area (Å²) in [6.07, 6.45) is 11.8. The van der Waals surface area contributed by atoms with Gasteiger partial charge < -0.3 is 9.72 Å². The van der Waals surface area contributed by atoms with E-state index in [1.165, 1.54) is 12.1 Å². The maximum Gasteiger partial charge on any atom is 0.241 e. The molecule has 2 aliphatic rings. The number of nitrogens with one attached hydrogen (secondary N) is 1. The Morgan fingerprint density at radius 3 is 2.88 bits per heavy atom. The van der Waals surface area contributed by atoms with Gasteiger partial charge in [0.25, 0.3) is 0 Å². The summed E-state index contributed by atoms with van der Waals surface area (Å²) >= 11 is 5.92. The van der Waals surface area contributed by atoms with Crippen LogP contribution in [0.4, 0.5) is 10.2 Å². The van der Waals surface area contributed by atoms with E-state index in [1.54, 1.807) is 18.5 Å². The summed E-state index contributed by atoms with van der Waals surface area (Å²) in [6.45, 7) is 2.14. The van der Waals surface area contributed by atoms with E-state index in [0.29, 0.717) is 28.5 Å². The zero-order chi connectivity index (χ0) is 23.4. The summed E-state index contributed by atoms with van der Waals surface area (Å²) in [6, 6.07) is 4.58. The van der Waals surface area contributed by atoms with Gasteiger partial charge in [-0.05, 0) is 49.3 Å². The van der Waals surface area contributed by atoms with Crippen molar-refractivity contribution in [2.45, 2.75) is 44.4 Å². The first-order valence-electron chi connectivity index (χ1n) is 11.5. The van der Waals surface area contributed by atoms with Gasteiger partial charge in [0.05, 0.1) is 10.7 Å². The van der Waals surface area contributed by atoms with Gasteiger partial charge in [-0.15, -0.1) is 0 Å². The van der Waals surface area contributed by atoms with E-state index in [1.807, 2.05) is 16.8 Å². The van der Waals surface area contributed by atoms with E-state index in [2.05, 4.69) is 22.2 Å². The van der Waals surface area contributed by atoms with E-state index in [4.69, 9.17) is 21.6 Å². The normalized spacial score (nSPS) is 19.4. The molecule has 0 bridgehead atoms. The molecule has 6 rings (SSSR count). The van der Waals surface area contributed by atoms with Gasteiger partial charge in [0.2, 0.25) is 5.91 Å². The molecular formula is C25H22ClFN6O. The molecular weight excluding hydrogens is 455 g/mol. The lowest BCUT2D eigenvalue weighted by Gasteiger charge is -2.27. The topological polar surface area (TPSA) is 85.1 Å². The first-order valence-corrected chi connectivity index (χ1v) is 11.9. The van der Waals surface area contributed by atoms with Gasteiger partial charge in [-0.1, -0.05) is 31.0 Å². The number of hydrogen-bond donors (Lipinski definition) is 1. The predicted octanol–water partition coefficient (Wildman–Crippen LogP) is 4.97. The van der Waals surface area contributed by atoms with Crippen LogP contribution in [0, 0.1) is 11.7 Å². The Hall–Kier alpha value is -3.39. The van der Waals surface area contributed by atoms with Crippen molar-refractivity contribution in [2.75, 3.05) is 5.32 Å². The monoisotopic (exact) mass is 476 g/mol. The molecule has 1 atom stereocenters. The summed E-state index contributed by atoms with van der Waals surface area (Å²) in [5.41, 5.74) is 2.54. The Bertz CT molecular complexity index is 1450. The van der Waals surface area contributed by atoms with Gasteiger partial charge in [-0.2, -0.15) is 0 Å². The van der Waals surface area contributed by atoms with Gasteiger partial charge >= 0.3 is 0 Å². The fraction of sp³-hybridized carbons (Fsp3) is 0.320. The minimum atomic E-state index is -1.02. The van der Waals surface area contributed by atoms with Crippen molar-refractivity contribution in [1.29, 1.82) is 0 Å². The molecule has 1 aliphatic heterocycles. The number of carbonyl (C=O) groups excluding carboxylic acids is 1. The van der Waals surface area contributed by atoms with E-state index < -0.39 is 11.2 Å². The Morgan fingerprint density at radius 2 is 2.12 bits per heavy atom. The molecule has 172 valence electrons. The molecule has 9 heteroatoms. The molecule has 1 unspecified atom stereocenters. The number of anilines is 1. The third-order valence-corrected chi connectivity index (χ3v) is 7.11. The summed E-state index contributed by atoms with van der Waals surface area (Å²) in [4.78, 5) is 32.0. The highest BCUT2D eigenvalue weighted by Crippen LogP contribution is 2.56. The number of nitrogens with zero attached hydrogens (tertiary/aromatic N) is 5. The molecule has 4 aromatic rings. The zero-order valence-electron chi connectivity index (χ0n) is 18.6. The van der Waals surface area contributed by atoms with Crippen LogP contribution in [0.25, 0.3) is 17.2 Å². The molecule has 0 radical (unpaired) electrons. The van der Waals surface area contributed by atoms with E-state index in [0.717, 1.165) is 43.4 Å². The fourth-order valence-corrected chi connectivity index (χ4v) is 5.14. The molecule has 0 saturated heterocycles. The smallest absolute Gasteiger partial charge is 0.241 e. The van der Waals surface area contributed by atoms with Crippen LogP contribution in [0.5, 0.6) is 0 Å². The lowest BCUT2D eigenvalue weighted by molar-refractivity contribution is -0.120. The van der Waals surface area contributed by atoms with Crippen LogP contribution < -0.4 is 5.32 Å². The maximum atomic E-state index is 14.4. The number of aromatic nitrogens is 5. The second-order valence-electron chi connectivity index (χ2n) is 8.96. The van der Waals surface area contributed by atoms with Gasteiger partial charge in [0, 0.05) is 30.4 Å². The van der Waals surface area contributed by atoms with Crippen LogP contribution in [-0.4, -0.2) is 30.2 Å². The molecule has 4 heterocycles. The van der Waals surface area contributed by atoms with Crippen molar-refractivity contribution in [3.8, 4) is 11.5 Å². The number of hydrogen-bond acceptors (Lipinski definition) is 5. The molecule has 0 spiro atoms. The number of rotatable bonds is 6. The summed E-state index contributed by atoms with van der Waals surface area (Å²) in [5.74, 6) is 0.168. The molecule has 1 aromatic carbocycles. The Morgan fingerprint density at radius 1 is 1.26 bits per heavy atom. The Balaban J connectivity index is 1.47. The lowest BCUT2D eigenvalue weighted by Crippen LogP contribution is -2.38. The molecule has 1 N–H and O–H groups in total. The van der Waals surface area contributed by atoms with Crippen molar-refractivity contribution in [2.24, 2.45) is 5.92 Å². The number of halogens is 2. The quantitative estimate of drug-likeness (QED) is 0.424. The predicted molar refractivity (Wildman–Crippen MR) is 126 cm³/mol. The molecule has 1 amide bonds. The standard InChI is InChI=1S/C25H22ClFN6O/c1-2-3-4-19-23-28-9-10-33(23)13-20(30-19)22-29-12-16-21(31-22)32-24(34)25(16,14-5-6-14)15-7-8-17(26)18(27)11-15/h7-14H,2-6H2,1H3,(H,29,31,32,34). The number of amides is 1. The average molecular weight is 477 g/mol. The summed E-state index contributed by atoms with van der Waals surface area (Å²) in [7, 11) is 0. The van der Waals surface area contributed by atoms with Crippen molar-refractivity contribution >= 4 is 29.0 Å². The number of aryl methyl sites for hydroxylation is 1. The SMILES string of the molecule is CCCCc1nc(-c2ncc3c(n2)NC(=O)C3(c2ccc(Cl)c(F)c2)C2CC2)cn2ccnc12. The van der Waals surface area contributed by atoms with E-state index in [-0.39, 0.29) is 16.8 Å². The lowest BCUT2D eigenvalue weighted by atomic mass is 9.72. The van der Waals surface area contributed by atoms with Gasteiger partial charge in [0.15, 0.2) is 11.5 Å². The first kappa shape index (κ1) is 21.2. The van der Waals surface area contributed by atoms with Gasteiger partial charge in [0.1, 0.15) is 22.7 Å². The molecule has 1 saturated carbocycles. The second kappa shape index (κ2) is 7.84. The van der Waals surface area contributed by atoms with E-state index >= 15 is 0 Å². The number of benzene rings is 1. The summed E-state index contributed by atoms with van der Waals surface area (Å²) < 4.78 is 16.3. The van der Waals surface area contributed by atoms with Gasteiger partial charge in [-0.25, -0.2) is 24.3 Å². The van der Waals surface area contributed by atoms with Gasteiger partial charge in [-0.3, -0.25) is 4.79 Å². The van der Waals surface area contributed by atoms with Crippen LogP contribution in [-0.2, 0) is 16.6 Å². The highest BCUT2D eigenvalue weighted by atomic mass is 35.5. The fourth-order valence-electron chi connectivity index (χ4n) is 5.02. The third-order valence-electron chi connectivity index (χ3n) is 6.81. The van der Waals surface area contributed by atoms with Crippen molar-refractivity contribution in [3.05, 3.63) is 70.6 Å². The largest absolute Gasteiger partial charge is 0.309 e. The Kier molecular flexibility index (Phi) is 4.88. The number of fused-ring (bicyclic) bond motifs is 2.